The molecule has 3 fully saturated rings. The van der Waals surface area contributed by atoms with E-state index in [1.807, 2.05) is 0 Å². The Labute approximate surface area is 35.9 Å². The van der Waals surface area contributed by atoms with Crippen LogP contribution in [-0.2, 0) is 0 Å². The van der Waals surface area contributed by atoms with Crippen LogP contribution < -0.4 is 10.6 Å². The highest BCUT2D eigenvalue weighted by Gasteiger charge is 2.72. The maximum absolute atomic E-state index is 3.34. The molecule has 6 heavy (non-hydrogen) atoms. The fourth-order valence-corrected chi connectivity index (χ4v) is 1.63. The quantitative estimate of drug-likeness (QED) is 0.387. The van der Waals surface area contributed by atoms with Gasteiger partial charge < -0.3 is 0 Å². The molecule has 3 aliphatic rings. The summed E-state index contributed by atoms with van der Waals surface area (Å²) in [6.45, 7) is 0. The smallest absolute Gasteiger partial charge is 0.0637 e. The van der Waals surface area contributed by atoms with Gasteiger partial charge in [-0.25, -0.2) is 0 Å². The Kier molecular flexibility index (Phi) is 0.149. The minimum atomic E-state index is 0.750. The summed E-state index contributed by atoms with van der Waals surface area (Å²) in [6, 6.07) is 1.82. The number of nitrogens with one attached hydrogen (secondary N) is 2. The summed E-state index contributed by atoms with van der Waals surface area (Å²) >= 11 is 0. The number of hydrogen-bond acceptors (Lipinski definition) is 2. The first-order chi connectivity index (χ1) is 2.97. The van der Waals surface area contributed by atoms with Crippen molar-refractivity contribution < 1.29 is 0 Å². The zero-order valence-corrected chi connectivity index (χ0v) is 3.31. The van der Waals surface area contributed by atoms with Gasteiger partial charge in [0.05, 0.1) is 6.17 Å². The third-order valence-electron chi connectivity index (χ3n) is 2.20. The molecule has 32 valence electrons. The summed E-state index contributed by atoms with van der Waals surface area (Å²) in [5.41, 5.74) is 0. The van der Waals surface area contributed by atoms with Gasteiger partial charge in [0.15, 0.2) is 0 Å². The van der Waals surface area contributed by atoms with Gasteiger partial charge >= 0.3 is 0 Å². The van der Waals surface area contributed by atoms with Crippen LogP contribution in [0.5, 0.6) is 0 Å². The highest BCUT2D eigenvalue weighted by atomic mass is 15.4. The van der Waals surface area contributed by atoms with Crippen molar-refractivity contribution in [2.75, 3.05) is 0 Å². The number of hydrogen-bond donors (Lipinski definition) is 2. The summed E-state index contributed by atoms with van der Waals surface area (Å²) in [5.74, 6) is 1.07. The van der Waals surface area contributed by atoms with Gasteiger partial charge in [-0.3, -0.25) is 10.6 Å². The van der Waals surface area contributed by atoms with Crippen molar-refractivity contribution in [1.82, 2.24) is 10.6 Å². The van der Waals surface area contributed by atoms with E-state index >= 15 is 0 Å². The molecule has 0 radical (unpaired) electrons. The van der Waals surface area contributed by atoms with Crippen LogP contribution in [0.2, 0.25) is 0 Å². The maximum Gasteiger partial charge on any atom is 0.0637 e. The second kappa shape index (κ2) is 0.390. The standard InChI is InChI=1S/C4H6N2/c5-2-1-3(2)6-4(1)5/h1-6H. The molecule has 0 spiro atoms. The van der Waals surface area contributed by atoms with Gasteiger partial charge in [-0.1, -0.05) is 0 Å². The fraction of sp³-hybridized carbons (Fsp3) is 1.00. The van der Waals surface area contributed by atoms with Gasteiger partial charge in [0, 0.05) is 18.0 Å². The summed E-state index contributed by atoms with van der Waals surface area (Å²) in [4.78, 5) is 0. The van der Waals surface area contributed by atoms with Crippen LogP contribution in [0.15, 0.2) is 0 Å². The van der Waals surface area contributed by atoms with Crippen molar-refractivity contribution in [2.24, 2.45) is 5.92 Å². The molecule has 1 saturated carbocycles. The molecule has 0 aromatic carbocycles. The maximum atomic E-state index is 3.34. The third kappa shape index (κ3) is 0.0696. The largest absolute Gasteiger partial charge is 0.297 e. The second-order valence-electron chi connectivity index (χ2n) is 2.44. The van der Waals surface area contributed by atoms with E-state index in [0.29, 0.717) is 0 Å². The lowest BCUT2D eigenvalue weighted by Gasteiger charge is -2.28. The molecule has 2 unspecified atom stereocenters. The Balaban J connectivity index is 2.21. The van der Waals surface area contributed by atoms with Gasteiger partial charge in [0.25, 0.3) is 0 Å². The SMILES string of the molecule is N1C2NC3C1C23. The topological polar surface area (TPSA) is 24.1 Å². The first-order valence-electron chi connectivity index (χ1n) is 2.49. The molecule has 2 heteroatoms. The van der Waals surface area contributed by atoms with E-state index in [1.165, 1.54) is 0 Å². The minimum absolute atomic E-state index is 0.750. The Morgan fingerprint density at radius 2 is 1.67 bits per heavy atom. The molecule has 2 heterocycles. The molecule has 2 atom stereocenters. The average molecular weight is 82.1 g/mol. The lowest BCUT2D eigenvalue weighted by molar-refractivity contribution is 0.265. The van der Waals surface area contributed by atoms with Crippen LogP contribution in [0.1, 0.15) is 0 Å². The lowest BCUT2D eigenvalue weighted by Crippen LogP contribution is -2.55. The highest BCUT2D eigenvalue weighted by molar-refractivity contribution is 5.31. The molecule has 3 rings (SSSR count). The van der Waals surface area contributed by atoms with E-state index in [0.717, 1.165) is 24.2 Å². The molecule has 2 aliphatic heterocycles. The first kappa shape index (κ1) is 2.28. The predicted molar refractivity (Wildman–Crippen MR) is 21.1 cm³/mol. The van der Waals surface area contributed by atoms with Gasteiger partial charge in [0.1, 0.15) is 0 Å². The van der Waals surface area contributed by atoms with E-state index < -0.39 is 0 Å². The zero-order valence-electron chi connectivity index (χ0n) is 3.31. The van der Waals surface area contributed by atoms with Crippen molar-refractivity contribution in [3.63, 3.8) is 0 Å². The van der Waals surface area contributed by atoms with Gasteiger partial charge in [-0.15, -0.1) is 0 Å². The molecule has 2 N–H and O–H groups in total. The summed E-state index contributed by atoms with van der Waals surface area (Å²) in [6.07, 6.45) is 0.750. The lowest BCUT2D eigenvalue weighted by atomic mass is 10.1. The Morgan fingerprint density at radius 3 is 1.67 bits per heavy atom. The van der Waals surface area contributed by atoms with E-state index in [-0.39, 0.29) is 0 Å². The number of rotatable bonds is 0. The van der Waals surface area contributed by atoms with Crippen molar-refractivity contribution in [2.45, 2.75) is 18.2 Å². The van der Waals surface area contributed by atoms with Crippen LogP contribution >= 0.6 is 0 Å². The van der Waals surface area contributed by atoms with Crippen molar-refractivity contribution in [1.29, 1.82) is 0 Å². The second-order valence-corrected chi connectivity index (χ2v) is 2.44. The molecule has 1 aliphatic carbocycles. The molecule has 2 saturated heterocycles. The monoisotopic (exact) mass is 82.1 g/mol. The fourth-order valence-electron chi connectivity index (χ4n) is 1.63. The Hall–Kier alpha value is -0.0800. The van der Waals surface area contributed by atoms with Crippen LogP contribution in [0.4, 0.5) is 0 Å². The third-order valence-corrected chi connectivity index (χ3v) is 2.20. The van der Waals surface area contributed by atoms with Crippen LogP contribution in [0, 0.1) is 5.92 Å². The minimum Gasteiger partial charge on any atom is -0.297 e. The van der Waals surface area contributed by atoms with E-state index in [2.05, 4.69) is 10.6 Å². The Morgan fingerprint density at radius 1 is 1.00 bits per heavy atom. The van der Waals surface area contributed by atoms with Crippen molar-refractivity contribution >= 4 is 0 Å². The van der Waals surface area contributed by atoms with E-state index in [1.54, 1.807) is 0 Å². The summed E-state index contributed by atoms with van der Waals surface area (Å²) in [5, 5.41) is 6.69. The van der Waals surface area contributed by atoms with Gasteiger partial charge in [-0.05, 0) is 0 Å². The molecular weight excluding hydrogens is 76.1 g/mol. The van der Waals surface area contributed by atoms with Crippen molar-refractivity contribution in [3.05, 3.63) is 0 Å². The zero-order chi connectivity index (χ0) is 3.72. The van der Waals surface area contributed by atoms with Crippen LogP contribution in [0.3, 0.4) is 0 Å². The predicted octanol–water partition coefficient (Wildman–Crippen LogP) is -1.11. The summed E-state index contributed by atoms with van der Waals surface area (Å²) in [7, 11) is 0. The highest BCUT2D eigenvalue weighted by Crippen LogP contribution is 2.51. The Bertz CT molecular complexity index is 83.0. The van der Waals surface area contributed by atoms with Crippen molar-refractivity contribution in [3.8, 4) is 0 Å². The first-order valence-corrected chi connectivity index (χ1v) is 2.49. The molecule has 2 nitrogen and oxygen atoms in total. The molecule has 0 aromatic rings. The summed E-state index contributed by atoms with van der Waals surface area (Å²) < 4.78 is 0. The average Bonchev–Trinajstić information content (AvgIpc) is 2.03. The number of fused-ring (bicyclic) bond motifs is 1. The van der Waals surface area contributed by atoms with Gasteiger partial charge in [0.2, 0.25) is 0 Å². The van der Waals surface area contributed by atoms with E-state index in [9.17, 15) is 0 Å². The molecule has 0 aromatic heterocycles. The molecule has 0 amide bonds. The van der Waals surface area contributed by atoms with Crippen LogP contribution in [-0.4, -0.2) is 18.2 Å². The normalized spacial score (nSPS) is 80.0. The van der Waals surface area contributed by atoms with Crippen LogP contribution in [0.25, 0.3) is 0 Å². The molecule has 0 bridgehead atoms. The van der Waals surface area contributed by atoms with Gasteiger partial charge in [-0.2, -0.15) is 0 Å². The van der Waals surface area contributed by atoms with E-state index in [4.69, 9.17) is 0 Å². The molecular formula is C4H6N2.